The molecule has 1 aromatic heterocycles. The highest BCUT2D eigenvalue weighted by molar-refractivity contribution is 7.89. The number of fused-ring (bicyclic) bond motifs is 1. The van der Waals surface area contributed by atoms with Crippen molar-refractivity contribution < 1.29 is 17.9 Å². The molecule has 3 N–H and O–H groups in total. The average Bonchev–Trinajstić information content (AvgIpc) is 3.22. The van der Waals surface area contributed by atoms with E-state index in [0.29, 0.717) is 18.8 Å². The molecule has 0 saturated heterocycles. The van der Waals surface area contributed by atoms with Gasteiger partial charge in [0.2, 0.25) is 10.0 Å². The van der Waals surface area contributed by atoms with Crippen molar-refractivity contribution in [3.05, 3.63) is 65.4 Å². The summed E-state index contributed by atoms with van der Waals surface area (Å²) >= 11 is 0. The molecule has 0 bridgehead atoms. The zero-order chi connectivity index (χ0) is 22.2. The number of benzene rings is 2. The van der Waals surface area contributed by atoms with Gasteiger partial charge in [0.1, 0.15) is 0 Å². The van der Waals surface area contributed by atoms with Gasteiger partial charge in [0, 0.05) is 35.8 Å². The number of aromatic amines is 1. The fraction of sp³-hybridized carbons (Fsp3) is 0.261. The Morgan fingerprint density at radius 3 is 2.71 bits per heavy atom. The summed E-state index contributed by atoms with van der Waals surface area (Å²) in [6.07, 6.45) is 5.97. The molecule has 0 radical (unpaired) electrons. The zero-order valence-electron chi connectivity index (χ0n) is 17.5. The van der Waals surface area contributed by atoms with Crippen LogP contribution >= 0.6 is 0 Å². The van der Waals surface area contributed by atoms with Crippen molar-refractivity contribution in [2.45, 2.75) is 24.7 Å². The Morgan fingerprint density at radius 2 is 2.06 bits per heavy atom. The summed E-state index contributed by atoms with van der Waals surface area (Å²) in [6.45, 7) is 3.42. The molecule has 0 saturated carbocycles. The predicted molar refractivity (Wildman–Crippen MR) is 122 cm³/mol. The quantitative estimate of drug-likeness (QED) is 0.592. The van der Waals surface area contributed by atoms with Gasteiger partial charge < -0.3 is 14.6 Å². The third-order valence-electron chi connectivity index (χ3n) is 5.78. The van der Waals surface area contributed by atoms with Crippen LogP contribution in [-0.4, -0.2) is 39.6 Å². The van der Waals surface area contributed by atoms with Crippen molar-refractivity contribution >= 4 is 38.2 Å². The maximum atomic E-state index is 12.3. The summed E-state index contributed by atoms with van der Waals surface area (Å²) in [5.41, 5.74) is 5.72. The monoisotopic (exact) mass is 439 g/mol. The molecule has 162 valence electrons. The van der Waals surface area contributed by atoms with Crippen molar-refractivity contribution in [2.24, 2.45) is 5.14 Å². The number of methoxy groups -OCH3 is 1. The molecular weight excluding hydrogens is 414 g/mol. The molecule has 2 aromatic carbocycles. The van der Waals surface area contributed by atoms with E-state index in [9.17, 15) is 13.2 Å². The largest absolute Gasteiger partial charge is 0.465 e. The molecule has 7 nitrogen and oxygen atoms in total. The second kappa shape index (κ2) is 8.20. The number of carbonyl (C=O) groups is 1. The van der Waals surface area contributed by atoms with E-state index in [4.69, 9.17) is 9.88 Å². The summed E-state index contributed by atoms with van der Waals surface area (Å²) in [4.78, 5) is 17.6. The number of aromatic nitrogens is 1. The van der Waals surface area contributed by atoms with Crippen molar-refractivity contribution in [3.8, 4) is 0 Å². The van der Waals surface area contributed by atoms with Crippen LogP contribution in [0.5, 0.6) is 0 Å². The number of para-hydroxylation sites is 1. The van der Waals surface area contributed by atoms with Crippen LogP contribution in [-0.2, 0) is 21.2 Å². The lowest BCUT2D eigenvalue weighted by atomic mass is 9.97. The molecule has 0 amide bonds. The first kappa shape index (κ1) is 21.1. The number of aryl methyl sites for hydroxylation is 1. The van der Waals surface area contributed by atoms with E-state index < -0.39 is 16.0 Å². The van der Waals surface area contributed by atoms with Crippen molar-refractivity contribution in [1.29, 1.82) is 0 Å². The minimum absolute atomic E-state index is 0.115. The lowest BCUT2D eigenvalue weighted by Gasteiger charge is -2.30. The molecule has 8 heteroatoms. The van der Waals surface area contributed by atoms with E-state index in [2.05, 4.69) is 42.4 Å². The molecule has 0 spiro atoms. The first-order chi connectivity index (χ1) is 14.8. The Kier molecular flexibility index (Phi) is 5.60. The molecule has 31 heavy (non-hydrogen) atoms. The van der Waals surface area contributed by atoms with E-state index in [1.54, 1.807) is 6.07 Å². The number of primary sulfonamides is 1. The van der Waals surface area contributed by atoms with Gasteiger partial charge in [-0.05, 0) is 42.2 Å². The van der Waals surface area contributed by atoms with E-state index >= 15 is 0 Å². The maximum Gasteiger partial charge on any atom is 0.340 e. The second-order valence-corrected chi connectivity index (χ2v) is 9.10. The van der Waals surface area contributed by atoms with E-state index in [0.717, 1.165) is 12.8 Å². The minimum atomic E-state index is -3.92. The number of ether oxygens (including phenoxy) is 1. The number of esters is 1. The van der Waals surface area contributed by atoms with Crippen LogP contribution in [0.2, 0.25) is 0 Å². The minimum Gasteiger partial charge on any atom is -0.465 e. The van der Waals surface area contributed by atoms with E-state index in [-0.39, 0.29) is 10.5 Å². The fourth-order valence-electron chi connectivity index (χ4n) is 4.15. The van der Waals surface area contributed by atoms with Crippen LogP contribution in [0.25, 0.3) is 16.5 Å². The number of nitrogens with one attached hydrogen (secondary N) is 1. The fourth-order valence-corrected chi connectivity index (χ4v) is 4.69. The predicted octanol–water partition coefficient (Wildman–Crippen LogP) is 3.46. The van der Waals surface area contributed by atoms with Crippen molar-refractivity contribution in [3.63, 3.8) is 0 Å². The maximum absolute atomic E-state index is 12.3. The van der Waals surface area contributed by atoms with Crippen molar-refractivity contribution in [2.75, 3.05) is 25.1 Å². The van der Waals surface area contributed by atoms with Crippen LogP contribution in [0.3, 0.4) is 0 Å². The Balaban J connectivity index is 1.66. The standard InChI is InChI=1S/C23H25N3O4S/c1-3-15-5-4-6-18-20(14-25-22(15)18)16-9-11-26(12-10-16)21-8-7-17(31(24,28)29)13-19(21)23(27)30-2/h4-9,13-14,25H,3,10-12H2,1-2H3,(H2,24,28,29). The normalized spacial score (nSPS) is 14.5. The molecule has 2 heterocycles. The highest BCUT2D eigenvalue weighted by atomic mass is 32.2. The second-order valence-electron chi connectivity index (χ2n) is 7.54. The highest BCUT2D eigenvalue weighted by Gasteiger charge is 2.23. The summed E-state index contributed by atoms with van der Waals surface area (Å²) in [5.74, 6) is -0.598. The number of rotatable bonds is 5. The molecule has 1 aliphatic heterocycles. The molecular formula is C23H25N3O4S. The topological polar surface area (TPSA) is 105 Å². The van der Waals surface area contributed by atoms with Gasteiger partial charge in [-0.1, -0.05) is 31.2 Å². The molecule has 3 aromatic rings. The number of anilines is 1. The average molecular weight is 440 g/mol. The third kappa shape index (κ3) is 3.96. The number of H-pyrrole nitrogens is 1. The van der Waals surface area contributed by atoms with Gasteiger partial charge in [-0.15, -0.1) is 0 Å². The SMILES string of the molecule is CCc1cccc2c(C3=CCN(c4ccc(S(N)(=O)=O)cc4C(=O)OC)CC3)c[nH]c12. The van der Waals surface area contributed by atoms with Crippen LogP contribution in [0.1, 0.15) is 34.8 Å². The smallest absolute Gasteiger partial charge is 0.340 e. The van der Waals surface area contributed by atoms with Crippen LogP contribution in [0.4, 0.5) is 5.69 Å². The van der Waals surface area contributed by atoms with Gasteiger partial charge in [0.25, 0.3) is 0 Å². The highest BCUT2D eigenvalue weighted by Crippen LogP contribution is 2.33. The Hall–Kier alpha value is -3.10. The van der Waals surface area contributed by atoms with Crippen LogP contribution in [0.15, 0.2) is 53.6 Å². The number of hydrogen-bond donors (Lipinski definition) is 2. The Morgan fingerprint density at radius 1 is 1.26 bits per heavy atom. The van der Waals surface area contributed by atoms with E-state index in [1.807, 2.05) is 4.90 Å². The number of hydrogen-bond acceptors (Lipinski definition) is 5. The Bertz CT molecular complexity index is 1290. The summed E-state index contributed by atoms with van der Waals surface area (Å²) in [7, 11) is -2.65. The molecule has 0 unspecified atom stereocenters. The number of carbonyl (C=O) groups excluding carboxylic acids is 1. The summed E-state index contributed by atoms with van der Waals surface area (Å²) in [6, 6.07) is 10.7. The Labute approximate surface area is 181 Å². The van der Waals surface area contributed by atoms with Gasteiger partial charge in [-0.2, -0.15) is 0 Å². The zero-order valence-corrected chi connectivity index (χ0v) is 18.3. The van der Waals surface area contributed by atoms with E-state index in [1.165, 1.54) is 46.8 Å². The lowest BCUT2D eigenvalue weighted by molar-refractivity contribution is 0.0601. The number of nitrogens with two attached hydrogens (primary N) is 1. The third-order valence-corrected chi connectivity index (χ3v) is 6.69. The van der Waals surface area contributed by atoms with Gasteiger partial charge in [-0.25, -0.2) is 18.4 Å². The molecule has 4 rings (SSSR count). The molecule has 0 atom stereocenters. The van der Waals surface area contributed by atoms with Gasteiger partial charge in [0.05, 0.1) is 23.3 Å². The molecule has 1 aliphatic rings. The van der Waals surface area contributed by atoms with Gasteiger partial charge >= 0.3 is 5.97 Å². The van der Waals surface area contributed by atoms with Crippen LogP contribution in [0, 0.1) is 0 Å². The summed E-state index contributed by atoms with van der Waals surface area (Å²) < 4.78 is 28.3. The summed E-state index contributed by atoms with van der Waals surface area (Å²) in [5, 5.41) is 6.44. The first-order valence-electron chi connectivity index (χ1n) is 10.1. The van der Waals surface area contributed by atoms with Gasteiger partial charge in [0.15, 0.2) is 0 Å². The van der Waals surface area contributed by atoms with Crippen LogP contribution < -0.4 is 10.0 Å². The number of sulfonamides is 1. The van der Waals surface area contributed by atoms with Crippen molar-refractivity contribution in [1.82, 2.24) is 4.98 Å². The van der Waals surface area contributed by atoms with Gasteiger partial charge in [-0.3, -0.25) is 0 Å². The lowest BCUT2D eigenvalue weighted by Crippen LogP contribution is -2.30. The molecule has 0 aliphatic carbocycles. The number of nitrogens with zero attached hydrogens (tertiary/aromatic N) is 1. The first-order valence-corrected chi connectivity index (χ1v) is 11.7. The molecule has 0 fully saturated rings.